The minimum absolute atomic E-state index is 0.0906. The molecule has 1 aliphatic carbocycles. The lowest BCUT2D eigenvalue weighted by atomic mass is 9.72. The fraction of sp³-hybridized carbons (Fsp3) is 0.625. The maximum Gasteiger partial charge on any atom is 0.308 e. The second kappa shape index (κ2) is 17.5. The van der Waals surface area contributed by atoms with Crippen LogP contribution in [-0.4, -0.2) is 95.9 Å². The van der Waals surface area contributed by atoms with E-state index in [-0.39, 0.29) is 24.4 Å². The van der Waals surface area contributed by atoms with Crippen molar-refractivity contribution in [3.63, 3.8) is 0 Å². The number of aromatic nitrogens is 1. The fourth-order valence-electron chi connectivity index (χ4n) is 7.28. The third kappa shape index (κ3) is 11.3. The van der Waals surface area contributed by atoms with Crippen molar-refractivity contribution in [3.05, 3.63) is 66.0 Å². The Balaban J connectivity index is 1.76. The van der Waals surface area contributed by atoms with E-state index in [9.17, 15) is 27.6 Å². The van der Waals surface area contributed by atoms with Crippen LogP contribution in [0.4, 0.5) is 0 Å². The highest BCUT2D eigenvalue weighted by Gasteiger charge is 2.47. The molecule has 1 aliphatic heterocycles. The molecule has 1 aromatic heterocycles. The third-order valence-electron chi connectivity index (χ3n) is 10.6. The molecule has 4 rings (SSSR count). The van der Waals surface area contributed by atoms with E-state index in [1.54, 1.807) is 19.9 Å². The molecule has 292 valence electrons. The smallest absolute Gasteiger partial charge is 0.308 e. The van der Waals surface area contributed by atoms with Crippen LogP contribution in [0.25, 0.3) is 0 Å². The summed E-state index contributed by atoms with van der Waals surface area (Å²) in [6, 6.07) is 9.62. The lowest BCUT2D eigenvalue weighted by Gasteiger charge is -2.47. The number of ether oxygens (including phenoxy) is 1. The van der Waals surface area contributed by atoms with Crippen molar-refractivity contribution >= 4 is 33.5 Å². The van der Waals surface area contributed by atoms with Crippen molar-refractivity contribution in [2.24, 2.45) is 17.8 Å². The van der Waals surface area contributed by atoms with Crippen molar-refractivity contribution in [2.75, 3.05) is 19.3 Å². The molecule has 0 radical (unpaired) electrons. The van der Waals surface area contributed by atoms with Crippen LogP contribution in [0.15, 0.2) is 54.9 Å². The Kier molecular flexibility index (Phi) is 13.9. The van der Waals surface area contributed by atoms with E-state index in [1.807, 2.05) is 51.1 Å². The predicted octanol–water partition coefficient (Wildman–Crippen LogP) is 4.09. The molecule has 2 aromatic rings. The fourth-order valence-corrected chi connectivity index (χ4v) is 7.87. The van der Waals surface area contributed by atoms with Crippen LogP contribution in [0.5, 0.6) is 0 Å². The second-order valence-corrected chi connectivity index (χ2v) is 19.3. The van der Waals surface area contributed by atoms with Gasteiger partial charge in [0.05, 0.1) is 28.3 Å². The van der Waals surface area contributed by atoms with E-state index < -0.39 is 68.1 Å². The van der Waals surface area contributed by atoms with Gasteiger partial charge in [-0.15, -0.1) is 0 Å². The first-order valence-electron chi connectivity index (χ1n) is 18.8. The van der Waals surface area contributed by atoms with Crippen LogP contribution in [0, 0.1) is 17.8 Å². The van der Waals surface area contributed by atoms with Gasteiger partial charge in [-0.3, -0.25) is 29.1 Å². The van der Waals surface area contributed by atoms with Gasteiger partial charge in [-0.2, -0.15) is 0 Å². The molecule has 6 unspecified atom stereocenters. The van der Waals surface area contributed by atoms with Gasteiger partial charge in [-0.05, 0) is 83.4 Å². The van der Waals surface area contributed by atoms with Crippen LogP contribution in [0.2, 0.25) is 0 Å². The summed E-state index contributed by atoms with van der Waals surface area (Å²) in [6.07, 6.45) is 8.20. The molecule has 0 bridgehead atoms. The van der Waals surface area contributed by atoms with Gasteiger partial charge in [0, 0.05) is 37.3 Å². The highest BCUT2D eigenvalue weighted by atomic mass is 32.2. The monoisotopic (exact) mass is 753 g/mol. The van der Waals surface area contributed by atoms with Crippen LogP contribution in [0.1, 0.15) is 96.5 Å². The third-order valence-corrected chi connectivity index (χ3v) is 12.8. The van der Waals surface area contributed by atoms with Crippen molar-refractivity contribution in [1.82, 2.24) is 25.8 Å². The molecular weight excluding hydrogens is 695 g/mol. The summed E-state index contributed by atoms with van der Waals surface area (Å²) in [5.41, 5.74) is 0.542. The van der Waals surface area contributed by atoms with E-state index in [1.165, 1.54) is 32.3 Å². The number of benzene rings is 1. The molecule has 2 heterocycles. The summed E-state index contributed by atoms with van der Waals surface area (Å²) in [6.45, 7) is 12.9. The predicted molar refractivity (Wildman–Crippen MR) is 205 cm³/mol. The van der Waals surface area contributed by atoms with Crippen LogP contribution < -0.4 is 16.0 Å². The van der Waals surface area contributed by atoms with Crippen LogP contribution in [0.3, 0.4) is 0 Å². The molecule has 13 heteroatoms. The Morgan fingerprint density at radius 1 is 0.943 bits per heavy atom. The van der Waals surface area contributed by atoms with Crippen LogP contribution in [-0.2, 0) is 35.4 Å². The second-order valence-electron chi connectivity index (χ2n) is 16.7. The van der Waals surface area contributed by atoms with E-state index in [0.29, 0.717) is 24.8 Å². The number of amides is 3. The average Bonchev–Trinajstić information content (AvgIpc) is 3.08. The minimum Gasteiger partial charge on any atom is -0.459 e. The molecule has 3 N–H and O–H groups in total. The Hall–Kier alpha value is -3.84. The first-order chi connectivity index (χ1) is 24.8. The first-order valence-corrected chi connectivity index (χ1v) is 20.7. The molecule has 3 amide bonds. The van der Waals surface area contributed by atoms with Gasteiger partial charge in [-0.1, -0.05) is 63.4 Å². The SMILES string of the molecule is CC(C)C(=O)OC(CN1CC2CCCCC2CC1C(=O)NC(C)(C)C)C(Cc1ccccc1)NC(=O)C(NC(=O)c1cccnc1)C(C)(C)S(C)(=O)=O. The average molecular weight is 754 g/mol. The number of fused-ring (bicyclic) bond motifs is 1. The Morgan fingerprint density at radius 3 is 2.19 bits per heavy atom. The summed E-state index contributed by atoms with van der Waals surface area (Å²) in [4.78, 5) is 61.4. The van der Waals surface area contributed by atoms with Crippen LogP contribution >= 0.6 is 0 Å². The van der Waals surface area contributed by atoms with E-state index in [4.69, 9.17) is 4.74 Å². The summed E-state index contributed by atoms with van der Waals surface area (Å²) in [5.74, 6) is -1.66. The van der Waals surface area contributed by atoms with Gasteiger partial charge >= 0.3 is 5.97 Å². The molecule has 1 saturated carbocycles. The number of nitrogens with zero attached hydrogens (tertiary/aromatic N) is 2. The van der Waals surface area contributed by atoms with Crippen molar-refractivity contribution in [2.45, 2.75) is 122 Å². The van der Waals surface area contributed by atoms with Gasteiger partial charge in [0.1, 0.15) is 12.1 Å². The Morgan fingerprint density at radius 2 is 1.60 bits per heavy atom. The van der Waals surface area contributed by atoms with Crippen molar-refractivity contribution < 1.29 is 32.3 Å². The molecule has 12 nitrogen and oxygen atoms in total. The lowest BCUT2D eigenvalue weighted by Crippen LogP contribution is -2.64. The number of rotatable bonds is 14. The van der Waals surface area contributed by atoms with Gasteiger partial charge in [0.2, 0.25) is 11.8 Å². The number of piperidine rings is 1. The standard InChI is InChI=1S/C40H59N5O7S/c1-26(2)38(49)52-33(25-45-24-30-18-13-12-17-28(30)22-32(45)36(47)44-39(3,4)5)31(21-27-15-10-9-11-16-27)42-37(48)34(40(6,7)53(8,50)51)43-35(46)29-19-14-20-41-23-29/h9-11,14-16,19-20,23,26,28,30-34H,12-13,17-18,21-22,24-25H2,1-8H3,(H,42,48)(H,43,46)(H,44,47). The number of nitrogens with one attached hydrogen (secondary N) is 3. The number of carbonyl (C=O) groups is 4. The normalized spacial score (nSPS) is 21.4. The van der Waals surface area contributed by atoms with E-state index in [0.717, 1.165) is 37.5 Å². The highest BCUT2D eigenvalue weighted by Crippen LogP contribution is 2.39. The van der Waals surface area contributed by atoms with Gasteiger partial charge in [0.15, 0.2) is 9.84 Å². The maximum atomic E-state index is 14.5. The number of sulfone groups is 1. The van der Waals surface area contributed by atoms with Crippen molar-refractivity contribution in [1.29, 1.82) is 0 Å². The Labute approximate surface area is 315 Å². The largest absolute Gasteiger partial charge is 0.459 e. The molecule has 0 spiro atoms. The summed E-state index contributed by atoms with van der Waals surface area (Å²) in [7, 11) is -3.91. The quantitative estimate of drug-likeness (QED) is 0.241. The zero-order valence-corrected chi connectivity index (χ0v) is 33.4. The molecule has 53 heavy (non-hydrogen) atoms. The molecule has 2 fully saturated rings. The minimum atomic E-state index is -3.91. The molecular formula is C40H59N5O7S. The number of carbonyl (C=O) groups excluding carboxylic acids is 4. The highest BCUT2D eigenvalue weighted by molar-refractivity contribution is 7.92. The van der Waals surface area contributed by atoms with Gasteiger partial charge < -0.3 is 20.7 Å². The number of hydrogen-bond acceptors (Lipinski definition) is 9. The number of pyridine rings is 1. The summed E-state index contributed by atoms with van der Waals surface area (Å²) >= 11 is 0. The number of hydrogen-bond donors (Lipinski definition) is 3. The van der Waals surface area contributed by atoms with E-state index in [2.05, 4.69) is 25.8 Å². The van der Waals surface area contributed by atoms with Crippen molar-refractivity contribution in [3.8, 4) is 0 Å². The van der Waals surface area contributed by atoms with E-state index >= 15 is 0 Å². The lowest BCUT2D eigenvalue weighted by molar-refractivity contribution is -0.158. The number of esters is 1. The zero-order chi connectivity index (χ0) is 39.1. The van der Waals surface area contributed by atoms with Gasteiger partial charge in [-0.25, -0.2) is 8.42 Å². The summed E-state index contributed by atoms with van der Waals surface area (Å²) in [5, 5.41) is 8.86. The maximum absolute atomic E-state index is 14.5. The summed E-state index contributed by atoms with van der Waals surface area (Å²) < 4.78 is 30.9. The molecule has 6 atom stereocenters. The topological polar surface area (TPSA) is 164 Å². The molecule has 1 aromatic carbocycles. The first kappa shape index (κ1) is 41.9. The zero-order valence-electron chi connectivity index (χ0n) is 32.6. The molecule has 1 saturated heterocycles. The molecule has 2 aliphatic rings. The number of likely N-dealkylation sites (tertiary alicyclic amines) is 1. The Bertz CT molecular complexity index is 1680. The van der Waals surface area contributed by atoms with Gasteiger partial charge in [0.25, 0.3) is 5.91 Å².